The molecule has 0 unspecified atom stereocenters. The molecule has 13 nitrogen and oxygen atoms in total. The minimum Gasteiger partial charge on any atom is -0.860 e. The summed E-state index contributed by atoms with van der Waals surface area (Å²) in [6.45, 7) is 1.28. The highest BCUT2D eigenvalue weighted by Gasteiger charge is 2.18. The van der Waals surface area contributed by atoms with E-state index >= 15 is 0 Å². The summed E-state index contributed by atoms with van der Waals surface area (Å²) in [6.07, 6.45) is 0. The highest BCUT2D eigenvalue weighted by molar-refractivity contribution is 5.73. The lowest BCUT2D eigenvalue weighted by Gasteiger charge is -2.34. The Morgan fingerprint density at radius 1 is 0.690 bits per heavy atom. The number of carbonyl (C=O) groups excluding carboxylic acids is 2. The zero-order valence-electron chi connectivity index (χ0n) is 16.2. The fourth-order valence-electron chi connectivity index (χ4n) is 3.00. The van der Waals surface area contributed by atoms with E-state index in [4.69, 9.17) is 10.9 Å². The van der Waals surface area contributed by atoms with E-state index in [1.165, 1.54) is 0 Å². The smallest absolute Gasteiger partial charge is 0.317 e. The number of carbonyl (C=O) groups is 3. The molecule has 0 spiro atoms. The van der Waals surface area contributed by atoms with Gasteiger partial charge in [0.1, 0.15) is 0 Å². The molecular weight excluding hydrogens is 388 g/mol. The Morgan fingerprint density at radius 2 is 1.00 bits per heavy atom. The van der Waals surface area contributed by atoms with Crippen molar-refractivity contribution in [2.24, 2.45) is 10.9 Å². The molecule has 1 saturated heterocycles. The van der Waals surface area contributed by atoms with Crippen molar-refractivity contribution in [2.75, 3.05) is 78.5 Å². The molecule has 0 aliphatic carbocycles. The summed E-state index contributed by atoms with van der Waals surface area (Å²) in [7, 11) is 0. The second kappa shape index (κ2) is 12.9. The lowest BCUT2D eigenvalue weighted by atomic mass is 10.3. The lowest BCUT2D eigenvalue weighted by Crippen LogP contribution is -2.51. The second-order valence-corrected chi connectivity index (χ2v) is 6.77. The monoisotopic (exact) mass is 415 g/mol. The van der Waals surface area contributed by atoms with Gasteiger partial charge in [-0.2, -0.15) is 0 Å². The highest BCUT2D eigenvalue weighted by Crippen LogP contribution is 2.01. The molecular formula is C16H27N6O7-3. The quantitative estimate of drug-likeness (QED) is 0.165. The number of rotatable bonds is 8. The van der Waals surface area contributed by atoms with E-state index in [1.807, 2.05) is 0 Å². The Hall–Kier alpha value is -2.48. The van der Waals surface area contributed by atoms with Gasteiger partial charge in [0.25, 0.3) is 0 Å². The number of nitrogens with two attached hydrogens (primary N) is 1. The van der Waals surface area contributed by atoms with E-state index in [0.717, 1.165) is 0 Å². The molecule has 1 rings (SSSR count). The maximum atomic E-state index is 11.6. The number of carboxylic acids is 3. The summed E-state index contributed by atoms with van der Waals surface area (Å²) in [5.41, 5.74) is 0. The normalized spacial score (nSPS) is 19.9. The van der Waals surface area contributed by atoms with Crippen LogP contribution in [0.25, 0.3) is 0 Å². The maximum Gasteiger partial charge on any atom is 0.317 e. The van der Waals surface area contributed by atoms with E-state index in [1.54, 1.807) is 19.6 Å². The average Bonchev–Trinajstić information content (AvgIpc) is 2.62. The third-order valence-electron chi connectivity index (χ3n) is 4.50. The largest absolute Gasteiger partial charge is 0.860 e. The highest BCUT2D eigenvalue weighted by atomic mass is 16.4. The van der Waals surface area contributed by atoms with Gasteiger partial charge in [0.05, 0.1) is 18.5 Å². The molecule has 0 aromatic heterocycles. The number of hydrazone groups is 1. The van der Waals surface area contributed by atoms with Gasteiger partial charge in [0, 0.05) is 72.0 Å². The van der Waals surface area contributed by atoms with Crippen LogP contribution in [0.2, 0.25) is 0 Å². The van der Waals surface area contributed by atoms with Crippen LogP contribution in [0.3, 0.4) is 0 Å². The first-order valence-corrected chi connectivity index (χ1v) is 9.14. The van der Waals surface area contributed by atoms with Crippen LogP contribution in [-0.4, -0.2) is 127 Å². The van der Waals surface area contributed by atoms with Gasteiger partial charge in [-0.1, -0.05) is 0 Å². The minimum absolute atomic E-state index is 0.0834. The lowest BCUT2D eigenvalue weighted by molar-refractivity contribution is -0.307. The third-order valence-corrected chi connectivity index (χ3v) is 4.50. The number of hydrogen-bond donors (Lipinski definition) is 2. The molecule has 1 aliphatic heterocycles. The predicted molar refractivity (Wildman–Crippen MR) is 95.0 cm³/mol. The number of aliphatic carboxylic acids is 3. The van der Waals surface area contributed by atoms with Gasteiger partial charge >= 0.3 is 5.97 Å². The molecule has 0 amide bonds. The summed E-state index contributed by atoms with van der Waals surface area (Å²) >= 11 is 0. The molecule has 1 heterocycles. The Labute approximate surface area is 168 Å². The summed E-state index contributed by atoms with van der Waals surface area (Å²) in [4.78, 5) is 39.7. The summed E-state index contributed by atoms with van der Waals surface area (Å²) in [5, 5.41) is 45.8. The molecule has 13 heteroatoms. The van der Waals surface area contributed by atoms with Crippen LogP contribution in [0.4, 0.5) is 0 Å². The first kappa shape index (κ1) is 24.6. The zero-order chi connectivity index (χ0) is 21.8. The summed E-state index contributed by atoms with van der Waals surface area (Å²) in [6, 6.07) is 0. The Bertz CT molecular complexity index is 556. The molecule has 0 bridgehead atoms. The molecule has 166 valence electrons. The molecule has 0 atom stereocenters. The Balaban J connectivity index is 2.93. The number of nitrogens with zero attached hydrogens (tertiary/aromatic N) is 5. The summed E-state index contributed by atoms with van der Waals surface area (Å²) in [5.74, 6) is 0.890. The molecule has 29 heavy (non-hydrogen) atoms. The van der Waals surface area contributed by atoms with Gasteiger partial charge in [-0.25, -0.2) is 5.10 Å². The van der Waals surface area contributed by atoms with Crippen molar-refractivity contribution < 1.29 is 34.8 Å². The van der Waals surface area contributed by atoms with Crippen LogP contribution in [0.5, 0.6) is 0 Å². The van der Waals surface area contributed by atoms with Gasteiger partial charge in [-0.05, 0) is 5.90 Å². The maximum absolute atomic E-state index is 11.6. The fraction of sp³-hybridized carbons (Fsp3) is 0.750. The van der Waals surface area contributed by atoms with Crippen LogP contribution in [0.15, 0.2) is 5.10 Å². The van der Waals surface area contributed by atoms with E-state index in [9.17, 15) is 29.7 Å². The molecule has 0 aromatic rings. The minimum atomic E-state index is -1.26. The van der Waals surface area contributed by atoms with Gasteiger partial charge in [-0.15, -0.1) is 0 Å². The van der Waals surface area contributed by atoms with Gasteiger partial charge in [0.2, 0.25) is 0 Å². The van der Waals surface area contributed by atoms with E-state index in [2.05, 4.69) is 5.10 Å². The van der Waals surface area contributed by atoms with Gasteiger partial charge < -0.3 is 35.9 Å². The van der Waals surface area contributed by atoms with Crippen molar-refractivity contribution in [3.8, 4) is 0 Å². The molecule has 0 aromatic carbocycles. The van der Waals surface area contributed by atoms with Gasteiger partial charge in [-0.3, -0.25) is 24.4 Å². The standard InChI is InChI=1S/C16H30N6O7/c17-18-13(23)9-19-1-3-20(10-14(24)25)5-7-22(12-16(28)29)8-6-21(4-2-19)11-15(26)27/h1-12,17H2,(H,18,23)(H,24,25)(H,26,27)(H,28,29)/p-3. The van der Waals surface area contributed by atoms with Crippen LogP contribution >= 0.6 is 0 Å². The molecule has 1 fully saturated rings. The van der Waals surface area contributed by atoms with Crippen LogP contribution < -0.4 is 21.2 Å². The first-order chi connectivity index (χ1) is 13.7. The predicted octanol–water partition coefficient (Wildman–Crippen LogP) is -6.58. The third kappa shape index (κ3) is 11.2. The number of carboxylic acid groups (broad SMARTS) is 3. The van der Waals surface area contributed by atoms with Crippen LogP contribution in [0.1, 0.15) is 0 Å². The molecule has 1 aliphatic rings. The van der Waals surface area contributed by atoms with Crippen molar-refractivity contribution in [3.63, 3.8) is 0 Å². The number of hydrogen-bond acceptors (Lipinski definition) is 12. The van der Waals surface area contributed by atoms with Crippen LogP contribution in [-0.2, 0) is 14.4 Å². The Morgan fingerprint density at radius 3 is 1.28 bits per heavy atom. The van der Waals surface area contributed by atoms with Crippen molar-refractivity contribution in [1.29, 1.82) is 0 Å². The van der Waals surface area contributed by atoms with Gasteiger partial charge in [0.15, 0.2) is 0 Å². The fourth-order valence-corrected chi connectivity index (χ4v) is 3.00. The van der Waals surface area contributed by atoms with Crippen molar-refractivity contribution in [3.05, 3.63) is 0 Å². The molecule has 0 saturated carbocycles. The van der Waals surface area contributed by atoms with Crippen molar-refractivity contribution in [2.45, 2.75) is 0 Å². The Kier molecular flexibility index (Phi) is 10.9. The zero-order valence-corrected chi connectivity index (χ0v) is 16.2. The summed E-state index contributed by atoms with van der Waals surface area (Å²) < 4.78 is 0. The molecule has 0 radical (unpaired) electrons. The topological polar surface area (TPSA) is 192 Å². The second-order valence-electron chi connectivity index (χ2n) is 6.77. The first-order valence-electron chi connectivity index (χ1n) is 9.14. The van der Waals surface area contributed by atoms with E-state index in [0.29, 0.717) is 13.1 Å². The van der Waals surface area contributed by atoms with Crippen molar-refractivity contribution >= 4 is 23.8 Å². The van der Waals surface area contributed by atoms with E-state index in [-0.39, 0.29) is 65.4 Å². The average molecular weight is 415 g/mol. The van der Waals surface area contributed by atoms with E-state index < -0.39 is 23.8 Å². The van der Waals surface area contributed by atoms with Crippen molar-refractivity contribution in [1.82, 2.24) is 19.6 Å². The van der Waals surface area contributed by atoms with Crippen LogP contribution in [0, 0.1) is 0 Å². The SMILES string of the molecule is NN=C([O-])CN1CCN(CC(=O)[O-])CCN(CC(=O)O)CCN(CC(=O)[O-])CC1. The molecule has 3 N–H and O–H groups in total.